The van der Waals surface area contributed by atoms with Crippen LogP contribution in [0.1, 0.15) is 17.7 Å². The molecule has 0 spiro atoms. The molecule has 3 nitrogen and oxygen atoms in total. The molecule has 1 aliphatic rings. The Balaban J connectivity index is 2.14. The van der Waals surface area contributed by atoms with E-state index in [1.54, 1.807) is 10.7 Å². The summed E-state index contributed by atoms with van der Waals surface area (Å²) in [7, 11) is 0. The summed E-state index contributed by atoms with van der Waals surface area (Å²) in [5.41, 5.74) is 8.89. The number of anilines is 1. The molecule has 0 saturated carbocycles. The van der Waals surface area contributed by atoms with Gasteiger partial charge >= 0.3 is 0 Å². The second-order valence-electron chi connectivity index (χ2n) is 4.06. The van der Waals surface area contributed by atoms with Gasteiger partial charge in [0.1, 0.15) is 11.6 Å². The highest BCUT2D eigenvalue weighted by Gasteiger charge is 2.20. The van der Waals surface area contributed by atoms with Crippen LogP contribution in [0.4, 0.5) is 10.2 Å². The molecule has 0 saturated heterocycles. The molecule has 0 atom stereocenters. The van der Waals surface area contributed by atoms with Crippen LogP contribution in [0.15, 0.2) is 24.3 Å². The SMILES string of the molecule is Nc1c2c(nn1-c1cccc(F)c1)CCC2. The number of fused-ring (bicyclic) bond motifs is 1. The van der Waals surface area contributed by atoms with Crippen LogP contribution in [0.3, 0.4) is 0 Å². The Labute approximate surface area is 92.7 Å². The quantitative estimate of drug-likeness (QED) is 0.794. The van der Waals surface area contributed by atoms with Crippen molar-refractivity contribution in [2.45, 2.75) is 19.3 Å². The molecule has 3 rings (SSSR count). The van der Waals surface area contributed by atoms with Crippen molar-refractivity contribution in [3.05, 3.63) is 41.3 Å². The second kappa shape index (κ2) is 3.33. The smallest absolute Gasteiger partial charge is 0.130 e. The monoisotopic (exact) mass is 217 g/mol. The molecule has 0 bridgehead atoms. The highest BCUT2D eigenvalue weighted by Crippen LogP contribution is 2.28. The van der Waals surface area contributed by atoms with Crippen molar-refractivity contribution in [1.29, 1.82) is 0 Å². The lowest BCUT2D eigenvalue weighted by molar-refractivity contribution is 0.625. The maximum atomic E-state index is 13.1. The highest BCUT2D eigenvalue weighted by atomic mass is 19.1. The summed E-state index contributed by atoms with van der Waals surface area (Å²) in [4.78, 5) is 0. The van der Waals surface area contributed by atoms with Crippen LogP contribution in [-0.4, -0.2) is 9.78 Å². The molecule has 0 aliphatic heterocycles. The fourth-order valence-corrected chi connectivity index (χ4v) is 2.22. The van der Waals surface area contributed by atoms with E-state index in [1.807, 2.05) is 6.07 Å². The summed E-state index contributed by atoms with van der Waals surface area (Å²) in [5.74, 6) is 0.380. The molecule has 2 N–H and O–H groups in total. The van der Waals surface area contributed by atoms with E-state index in [0.29, 0.717) is 11.5 Å². The van der Waals surface area contributed by atoms with Gasteiger partial charge < -0.3 is 5.73 Å². The lowest BCUT2D eigenvalue weighted by Crippen LogP contribution is -2.04. The number of nitrogens with two attached hydrogens (primary N) is 1. The predicted molar refractivity (Wildman–Crippen MR) is 60.0 cm³/mol. The largest absolute Gasteiger partial charge is 0.383 e. The van der Waals surface area contributed by atoms with Gasteiger partial charge in [-0.3, -0.25) is 0 Å². The van der Waals surface area contributed by atoms with Crippen molar-refractivity contribution in [3.8, 4) is 5.69 Å². The van der Waals surface area contributed by atoms with E-state index in [1.165, 1.54) is 12.1 Å². The molecular weight excluding hydrogens is 205 g/mol. The minimum atomic E-state index is -0.271. The molecule has 0 amide bonds. The number of halogens is 1. The lowest BCUT2D eigenvalue weighted by atomic mass is 10.2. The lowest BCUT2D eigenvalue weighted by Gasteiger charge is -2.04. The van der Waals surface area contributed by atoms with Crippen LogP contribution >= 0.6 is 0 Å². The molecule has 1 aromatic carbocycles. The third kappa shape index (κ3) is 1.30. The number of rotatable bonds is 1. The Morgan fingerprint density at radius 1 is 1.31 bits per heavy atom. The average molecular weight is 217 g/mol. The summed E-state index contributed by atoms with van der Waals surface area (Å²) in [6, 6.07) is 6.33. The molecule has 0 radical (unpaired) electrons. The van der Waals surface area contributed by atoms with Crippen molar-refractivity contribution in [2.24, 2.45) is 0 Å². The topological polar surface area (TPSA) is 43.8 Å². The number of hydrogen-bond donors (Lipinski definition) is 1. The van der Waals surface area contributed by atoms with Crippen molar-refractivity contribution >= 4 is 5.82 Å². The minimum absolute atomic E-state index is 0.271. The van der Waals surface area contributed by atoms with Crippen molar-refractivity contribution in [1.82, 2.24) is 9.78 Å². The fraction of sp³-hybridized carbons (Fsp3) is 0.250. The number of benzene rings is 1. The maximum absolute atomic E-state index is 13.1. The van der Waals surface area contributed by atoms with E-state index >= 15 is 0 Å². The predicted octanol–water partition coefficient (Wildman–Crippen LogP) is 2.08. The number of aryl methyl sites for hydroxylation is 1. The Kier molecular flexibility index (Phi) is 1.96. The normalized spacial score (nSPS) is 14.1. The van der Waals surface area contributed by atoms with Crippen LogP contribution in [0, 0.1) is 5.82 Å². The Hall–Kier alpha value is -1.84. The standard InChI is InChI=1S/C12H12FN3/c13-8-3-1-4-9(7-8)16-12(14)10-5-2-6-11(10)15-16/h1,3-4,7H,2,5-6,14H2. The van der Waals surface area contributed by atoms with E-state index in [0.717, 1.165) is 30.5 Å². The third-order valence-electron chi connectivity index (χ3n) is 3.00. The van der Waals surface area contributed by atoms with Gasteiger partial charge in [-0.2, -0.15) is 5.10 Å². The highest BCUT2D eigenvalue weighted by molar-refractivity contribution is 5.51. The zero-order valence-corrected chi connectivity index (χ0v) is 8.78. The first-order valence-corrected chi connectivity index (χ1v) is 5.38. The molecule has 1 heterocycles. The van der Waals surface area contributed by atoms with Crippen molar-refractivity contribution < 1.29 is 4.39 Å². The number of aromatic nitrogens is 2. The summed E-state index contributed by atoms with van der Waals surface area (Å²) < 4.78 is 14.7. The minimum Gasteiger partial charge on any atom is -0.383 e. The molecule has 4 heteroatoms. The fourth-order valence-electron chi connectivity index (χ4n) is 2.22. The van der Waals surface area contributed by atoms with E-state index in [9.17, 15) is 4.39 Å². The van der Waals surface area contributed by atoms with Crippen molar-refractivity contribution in [3.63, 3.8) is 0 Å². The summed E-state index contributed by atoms with van der Waals surface area (Å²) in [5, 5.41) is 4.43. The van der Waals surface area contributed by atoms with Crippen molar-refractivity contribution in [2.75, 3.05) is 5.73 Å². The molecule has 1 aliphatic carbocycles. The Bertz CT molecular complexity index is 545. The number of nitrogen functional groups attached to an aromatic ring is 1. The zero-order valence-electron chi connectivity index (χ0n) is 8.78. The number of nitrogens with zero attached hydrogens (tertiary/aromatic N) is 2. The Morgan fingerprint density at radius 3 is 2.94 bits per heavy atom. The first-order valence-electron chi connectivity index (χ1n) is 5.38. The van der Waals surface area contributed by atoms with Crippen LogP contribution in [-0.2, 0) is 12.8 Å². The van der Waals surface area contributed by atoms with Gasteiger partial charge in [0.25, 0.3) is 0 Å². The molecular formula is C12H12FN3. The van der Waals surface area contributed by atoms with Gasteiger partial charge in [0.2, 0.25) is 0 Å². The second-order valence-corrected chi connectivity index (χ2v) is 4.06. The van der Waals surface area contributed by atoms with Crippen LogP contribution < -0.4 is 5.73 Å². The van der Waals surface area contributed by atoms with Gasteiger partial charge in [-0.1, -0.05) is 6.07 Å². The van der Waals surface area contributed by atoms with Gasteiger partial charge in [-0.05, 0) is 37.5 Å². The van der Waals surface area contributed by atoms with E-state index < -0.39 is 0 Å². The van der Waals surface area contributed by atoms with Crippen LogP contribution in [0.5, 0.6) is 0 Å². The van der Waals surface area contributed by atoms with Gasteiger partial charge in [0, 0.05) is 5.56 Å². The summed E-state index contributed by atoms with van der Waals surface area (Å²) >= 11 is 0. The first-order chi connectivity index (χ1) is 7.75. The van der Waals surface area contributed by atoms with Crippen LogP contribution in [0.25, 0.3) is 5.69 Å². The Morgan fingerprint density at radius 2 is 2.19 bits per heavy atom. The van der Waals surface area contributed by atoms with E-state index in [4.69, 9.17) is 5.73 Å². The summed E-state index contributed by atoms with van der Waals surface area (Å²) in [6.07, 6.45) is 3.07. The molecule has 82 valence electrons. The van der Waals surface area contributed by atoms with Gasteiger partial charge in [-0.15, -0.1) is 0 Å². The molecule has 2 aromatic rings. The van der Waals surface area contributed by atoms with E-state index in [2.05, 4.69) is 5.10 Å². The van der Waals surface area contributed by atoms with Gasteiger partial charge in [0.05, 0.1) is 11.4 Å². The molecule has 0 unspecified atom stereocenters. The molecule has 1 aromatic heterocycles. The first kappa shape index (κ1) is 9.39. The number of hydrogen-bond acceptors (Lipinski definition) is 2. The van der Waals surface area contributed by atoms with E-state index in [-0.39, 0.29) is 5.82 Å². The average Bonchev–Trinajstić information content (AvgIpc) is 2.82. The maximum Gasteiger partial charge on any atom is 0.130 e. The molecule has 0 fully saturated rings. The third-order valence-corrected chi connectivity index (χ3v) is 3.00. The summed E-state index contributed by atoms with van der Waals surface area (Å²) in [6.45, 7) is 0. The van der Waals surface area contributed by atoms with Gasteiger partial charge in [0.15, 0.2) is 0 Å². The van der Waals surface area contributed by atoms with Gasteiger partial charge in [-0.25, -0.2) is 9.07 Å². The molecule has 16 heavy (non-hydrogen) atoms. The van der Waals surface area contributed by atoms with Crippen LogP contribution in [0.2, 0.25) is 0 Å². The zero-order chi connectivity index (χ0) is 11.1.